The van der Waals surface area contributed by atoms with Crippen LogP contribution >= 0.6 is 11.6 Å². The van der Waals surface area contributed by atoms with E-state index in [1.54, 1.807) is 31.4 Å². The highest BCUT2D eigenvalue weighted by molar-refractivity contribution is 7.91. The first-order valence-electron chi connectivity index (χ1n) is 7.79. The van der Waals surface area contributed by atoms with Gasteiger partial charge in [0.15, 0.2) is 9.84 Å². The van der Waals surface area contributed by atoms with E-state index in [1.807, 2.05) is 12.1 Å². The highest BCUT2D eigenvalue weighted by Crippen LogP contribution is 2.21. The number of aromatic nitrogens is 1. The van der Waals surface area contributed by atoms with Gasteiger partial charge >= 0.3 is 0 Å². The van der Waals surface area contributed by atoms with Crippen molar-refractivity contribution in [2.45, 2.75) is 12.5 Å². The maximum atomic E-state index is 12.6. The summed E-state index contributed by atoms with van der Waals surface area (Å²) in [6, 6.07) is 8.59. The molecule has 6 nitrogen and oxygen atoms in total. The Morgan fingerprint density at radius 1 is 1.24 bits per heavy atom. The van der Waals surface area contributed by atoms with E-state index >= 15 is 0 Å². The van der Waals surface area contributed by atoms with Gasteiger partial charge < -0.3 is 10.2 Å². The lowest BCUT2D eigenvalue weighted by Gasteiger charge is -2.23. The lowest BCUT2D eigenvalue weighted by Crippen LogP contribution is -2.37. The molecule has 1 amide bonds. The number of nitrogens with one attached hydrogen (secondary N) is 1. The van der Waals surface area contributed by atoms with E-state index < -0.39 is 9.84 Å². The highest BCUT2D eigenvalue weighted by Gasteiger charge is 2.33. The summed E-state index contributed by atoms with van der Waals surface area (Å²) in [4.78, 5) is 18.2. The summed E-state index contributed by atoms with van der Waals surface area (Å²) in [7, 11) is -1.41. The molecule has 0 radical (unpaired) electrons. The predicted molar refractivity (Wildman–Crippen MR) is 98.1 cm³/mol. The zero-order valence-corrected chi connectivity index (χ0v) is 15.2. The van der Waals surface area contributed by atoms with Crippen LogP contribution in [0.1, 0.15) is 16.8 Å². The van der Waals surface area contributed by atoms with Gasteiger partial charge in [-0.15, -0.1) is 0 Å². The Balaban J connectivity index is 1.74. The number of carbonyl (C=O) groups excluding carboxylic acids is 1. The second kappa shape index (κ2) is 7.01. The monoisotopic (exact) mass is 379 g/mol. The molecule has 0 aliphatic carbocycles. The molecular weight excluding hydrogens is 362 g/mol. The number of nitrogens with zero attached hydrogens (tertiary/aromatic N) is 2. The Kier molecular flexibility index (Phi) is 4.96. The van der Waals surface area contributed by atoms with Crippen LogP contribution in [0.3, 0.4) is 0 Å². The van der Waals surface area contributed by atoms with Gasteiger partial charge in [-0.05, 0) is 36.8 Å². The number of benzene rings is 1. The molecule has 8 heteroatoms. The molecular formula is C17H18ClN3O3S. The summed E-state index contributed by atoms with van der Waals surface area (Å²) < 4.78 is 23.2. The van der Waals surface area contributed by atoms with Gasteiger partial charge in [-0.1, -0.05) is 11.6 Å². The number of halogens is 1. The average molecular weight is 380 g/mol. The van der Waals surface area contributed by atoms with Crippen molar-refractivity contribution in [1.29, 1.82) is 0 Å². The molecule has 1 aromatic carbocycles. The normalized spacial score (nSPS) is 18.7. The van der Waals surface area contributed by atoms with Crippen LogP contribution in [-0.4, -0.2) is 48.8 Å². The molecule has 1 N–H and O–H groups in total. The van der Waals surface area contributed by atoms with Gasteiger partial charge in [-0.2, -0.15) is 0 Å². The Bertz CT molecular complexity index is 884. The van der Waals surface area contributed by atoms with Crippen molar-refractivity contribution in [3.8, 4) is 0 Å². The molecule has 1 aliphatic rings. The number of rotatable bonds is 4. The number of sulfone groups is 1. The van der Waals surface area contributed by atoms with E-state index in [1.165, 1.54) is 11.1 Å². The third-order valence-corrected chi connectivity index (χ3v) is 6.20. The fourth-order valence-corrected chi connectivity index (χ4v) is 4.68. The van der Waals surface area contributed by atoms with Crippen molar-refractivity contribution in [2.75, 3.05) is 23.9 Å². The maximum Gasteiger partial charge on any atom is 0.255 e. The second-order valence-electron chi connectivity index (χ2n) is 6.07. The molecule has 2 heterocycles. The van der Waals surface area contributed by atoms with E-state index in [9.17, 15) is 13.2 Å². The summed E-state index contributed by atoms with van der Waals surface area (Å²) in [6.45, 7) is 0. The van der Waals surface area contributed by atoms with Gasteiger partial charge in [0.25, 0.3) is 5.91 Å². The van der Waals surface area contributed by atoms with Crippen LogP contribution in [0.2, 0.25) is 5.02 Å². The quantitative estimate of drug-likeness (QED) is 0.883. The third kappa shape index (κ3) is 4.29. The van der Waals surface area contributed by atoms with E-state index in [4.69, 9.17) is 11.6 Å². The molecule has 1 fully saturated rings. The first-order chi connectivity index (χ1) is 11.8. The summed E-state index contributed by atoms with van der Waals surface area (Å²) in [5.41, 5.74) is 1.90. The highest BCUT2D eigenvalue weighted by atomic mass is 35.5. The van der Waals surface area contributed by atoms with Crippen LogP contribution in [0.5, 0.6) is 0 Å². The van der Waals surface area contributed by atoms with Crippen molar-refractivity contribution in [3.63, 3.8) is 0 Å². The summed E-state index contributed by atoms with van der Waals surface area (Å²) in [5.74, 6) is -0.0915. The molecule has 0 spiro atoms. The first-order valence-corrected chi connectivity index (χ1v) is 9.99. The molecule has 0 bridgehead atoms. The fourth-order valence-electron chi connectivity index (χ4n) is 2.78. The lowest BCUT2D eigenvalue weighted by atomic mass is 10.2. The van der Waals surface area contributed by atoms with Crippen LogP contribution in [0.25, 0.3) is 0 Å². The molecule has 1 aliphatic heterocycles. The second-order valence-corrected chi connectivity index (χ2v) is 8.73. The molecule has 1 saturated heterocycles. The average Bonchev–Trinajstić information content (AvgIpc) is 2.96. The standard InChI is InChI=1S/C17H18ClN3O3S/c1-21(16-6-7-25(23,24)11-16)17(22)12-8-15(10-19-9-12)20-14-4-2-13(18)3-5-14/h2-5,8-10,16,20H,6-7,11H2,1H3. The van der Waals surface area contributed by atoms with Crippen LogP contribution < -0.4 is 5.32 Å². The van der Waals surface area contributed by atoms with Gasteiger partial charge in [0, 0.05) is 30.0 Å². The van der Waals surface area contributed by atoms with Crippen LogP contribution in [0.15, 0.2) is 42.7 Å². The molecule has 3 rings (SSSR count). The predicted octanol–water partition coefficient (Wildman–Crippen LogP) is 2.74. The number of hydrogen-bond acceptors (Lipinski definition) is 5. The van der Waals surface area contributed by atoms with Crippen molar-refractivity contribution in [1.82, 2.24) is 9.88 Å². The smallest absolute Gasteiger partial charge is 0.255 e. The largest absolute Gasteiger partial charge is 0.354 e. The van der Waals surface area contributed by atoms with E-state index in [0.717, 1.165) is 5.69 Å². The number of amides is 1. The molecule has 1 aromatic heterocycles. The van der Waals surface area contributed by atoms with Crippen LogP contribution in [0, 0.1) is 0 Å². The lowest BCUT2D eigenvalue weighted by molar-refractivity contribution is 0.0747. The molecule has 25 heavy (non-hydrogen) atoms. The Morgan fingerprint density at radius 3 is 2.60 bits per heavy atom. The Hall–Kier alpha value is -2.12. The van der Waals surface area contributed by atoms with Crippen molar-refractivity contribution >= 4 is 38.7 Å². The fraction of sp³-hybridized carbons (Fsp3) is 0.294. The number of carbonyl (C=O) groups is 1. The van der Waals surface area contributed by atoms with Gasteiger partial charge in [-0.3, -0.25) is 9.78 Å². The molecule has 132 valence electrons. The van der Waals surface area contributed by atoms with Gasteiger partial charge in [0.1, 0.15) is 0 Å². The third-order valence-electron chi connectivity index (χ3n) is 4.19. The van der Waals surface area contributed by atoms with Crippen molar-refractivity contribution < 1.29 is 13.2 Å². The van der Waals surface area contributed by atoms with Gasteiger partial charge in [0.2, 0.25) is 0 Å². The number of hydrogen-bond donors (Lipinski definition) is 1. The minimum atomic E-state index is -3.04. The van der Waals surface area contributed by atoms with E-state index in [-0.39, 0.29) is 23.5 Å². The summed E-state index contributed by atoms with van der Waals surface area (Å²) >= 11 is 5.87. The summed E-state index contributed by atoms with van der Waals surface area (Å²) in [5, 5.41) is 3.80. The Labute approximate surface area is 151 Å². The number of pyridine rings is 1. The van der Waals surface area contributed by atoms with Crippen molar-refractivity contribution in [2.24, 2.45) is 0 Å². The van der Waals surface area contributed by atoms with E-state index in [2.05, 4.69) is 10.3 Å². The van der Waals surface area contributed by atoms with Crippen molar-refractivity contribution in [3.05, 3.63) is 53.3 Å². The zero-order valence-electron chi connectivity index (χ0n) is 13.6. The SMILES string of the molecule is CN(C(=O)c1cncc(Nc2ccc(Cl)cc2)c1)C1CCS(=O)(=O)C1. The van der Waals surface area contributed by atoms with E-state index in [0.29, 0.717) is 22.7 Å². The van der Waals surface area contributed by atoms with Gasteiger partial charge in [-0.25, -0.2) is 8.42 Å². The van der Waals surface area contributed by atoms with Crippen LogP contribution in [0.4, 0.5) is 11.4 Å². The topological polar surface area (TPSA) is 79.4 Å². The van der Waals surface area contributed by atoms with Crippen LogP contribution in [-0.2, 0) is 9.84 Å². The number of anilines is 2. The minimum Gasteiger partial charge on any atom is -0.354 e. The first kappa shape index (κ1) is 17.7. The van der Waals surface area contributed by atoms with Gasteiger partial charge in [0.05, 0.1) is 29.0 Å². The molecule has 1 atom stereocenters. The molecule has 2 aromatic rings. The maximum absolute atomic E-state index is 12.6. The zero-order chi connectivity index (χ0) is 18.0. The Morgan fingerprint density at radius 2 is 1.96 bits per heavy atom. The minimum absolute atomic E-state index is 0.0192. The molecule has 0 saturated carbocycles. The molecule has 1 unspecified atom stereocenters. The summed E-state index contributed by atoms with van der Waals surface area (Å²) in [6.07, 6.45) is 3.57.